The van der Waals surface area contributed by atoms with Crippen LogP contribution in [0.1, 0.15) is 25.8 Å². The molecule has 1 aromatic rings. The Bertz CT molecular complexity index is 550. The fourth-order valence-corrected chi connectivity index (χ4v) is 3.78. The van der Waals surface area contributed by atoms with Crippen LogP contribution in [0.5, 0.6) is 0 Å². The van der Waals surface area contributed by atoms with Crippen molar-refractivity contribution in [2.45, 2.75) is 37.8 Å². The number of hydrogen-bond donors (Lipinski definition) is 1. The second-order valence-electron chi connectivity index (χ2n) is 5.55. The standard InChI is InChI=1S/C15H24N2O3S/c1-13(2)16-12-14-5-3-6-15(11-14)21(18,19)17-7-4-9-20-10-8-17/h3,5-6,11,13,16H,4,7-10,12H2,1-2H3. The Balaban J connectivity index is 2.17. The van der Waals surface area contributed by atoms with Gasteiger partial charge in [-0.1, -0.05) is 26.0 Å². The molecule has 21 heavy (non-hydrogen) atoms. The van der Waals surface area contributed by atoms with Crippen molar-refractivity contribution >= 4 is 10.0 Å². The number of rotatable bonds is 5. The lowest BCUT2D eigenvalue weighted by atomic mass is 10.2. The third kappa shape index (κ3) is 4.51. The molecule has 0 aromatic heterocycles. The summed E-state index contributed by atoms with van der Waals surface area (Å²) in [6, 6.07) is 7.54. The zero-order valence-corrected chi connectivity index (χ0v) is 13.5. The van der Waals surface area contributed by atoms with Crippen molar-refractivity contribution in [2.24, 2.45) is 0 Å². The molecular formula is C15H24N2O3S. The lowest BCUT2D eigenvalue weighted by molar-refractivity contribution is 0.148. The molecule has 5 nitrogen and oxygen atoms in total. The van der Waals surface area contributed by atoms with Crippen LogP contribution < -0.4 is 5.32 Å². The SMILES string of the molecule is CC(C)NCc1cccc(S(=O)(=O)N2CCCOCC2)c1. The Morgan fingerprint density at radius 3 is 2.86 bits per heavy atom. The predicted molar refractivity (Wildman–Crippen MR) is 82.6 cm³/mol. The highest BCUT2D eigenvalue weighted by Crippen LogP contribution is 2.18. The monoisotopic (exact) mass is 312 g/mol. The lowest BCUT2D eigenvalue weighted by Gasteiger charge is -2.19. The molecule has 0 atom stereocenters. The zero-order valence-electron chi connectivity index (χ0n) is 12.7. The van der Waals surface area contributed by atoms with Crippen molar-refractivity contribution in [3.8, 4) is 0 Å². The highest BCUT2D eigenvalue weighted by Gasteiger charge is 2.25. The molecule has 0 amide bonds. The lowest BCUT2D eigenvalue weighted by Crippen LogP contribution is -2.33. The first-order valence-corrected chi connectivity index (χ1v) is 8.84. The van der Waals surface area contributed by atoms with Gasteiger partial charge < -0.3 is 10.1 Å². The van der Waals surface area contributed by atoms with E-state index in [1.807, 2.05) is 6.07 Å². The molecule has 0 bridgehead atoms. The van der Waals surface area contributed by atoms with Crippen LogP contribution in [0.4, 0.5) is 0 Å². The van der Waals surface area contributed by atoms with Gasteiger partial charge in [0.05, 0.1) is 11.5 Å². The number of nitrogens with zero attached hydrogens (tertiary/aromatic N) is 1. The van der Waals surface area contributed by atoms with Crippen LogP contribution in [0.2, 0.25) is 0 Å². The largest absolute Gasteiger partial charge is 0.380 e. The molecule has 118 valence electrons. The molecule has 0 saturated carbocycles. The van der Waals surface area contributed by atoms with Crippen molar-refractivity contribution < 1.29 is 13.2 Å². The van der Waals surface area contributed by atoms with Crippen LogP contribution in [0.15, 0.2) is 29.2 Å². The van der Waals surface area contributed by atoms with Crippen molar-refractivity contribution in [3.63, 3.8) is 0 Å². The van der Waals surface area contributed by atoms with E-state index in [1.54, 1.807) is 18.2 Å². The van der Waals surface area contributed by atoms with Crippen LogP contribution in [-0.2, 0) is 21.3 Å². The number of nitrogens with one attached hydrogen (secondary N) is 1. The number of hydrogen-bond acceptors (Lipinski definition) is 4. The maximum absolute atomic E-state index is 12.7. The fraction of sp³-hybridized carbons (Fsp3) is 0.600. The van der Waals surface area contributed by atoms with E-state index in [0.29, 0.717) is 43.8 Å². The highest BCUT2D eigenvalue weighted by atomic mass is 32.2. The van der Waals surface area contributed by atoms with Crippen molar-refractivity contribution in [3.05, 3.63) is 29.8 Å². The Hall–Kier alpha value is -0.950. The molecule has 1 fully saturated rings. The first-order valence-electron chi connectivity index (χ1n) is 7.40. The summed E-state index contributed by atoms with van der Waals surface area (Å²) in [5.74, 6) is 0. The summed E-state index contributed by atoms with van der Waals surface area (Å²) in [5, 5.41) is 3.30. The fourth-order valence-electron chi connectivity index (χ4n) is 2.25. The summed E-state index contributed by atoms with van der Waals surface area (Å²) < 4.78 is 32.2. The van der Waals surface area contributed by atoms with E-state index in [0.717, 1.165) is 12.0 Å². The summed E-state index contributed by atoms with van der Waals surface area (Å²) in [6.45, 7) is 6.85. The van der Waals surface area contributed by atoms with Crippen LogP contribution in [0, 0.1) is 0 Å². The van der Waals surface area contributed by atoms with E-state index in [4.69, 9.17) is 4.74 Å². The van der Waals surface area contributed by atoms with E-state index in [9.17, 15) is 8.42 Å². The molecule has 0 radical (unpaired) electrons. The maximum atomic E-state index is 12.7. The first kappa shape index (κ1) is 16.4. The molecule has 6 heteroatoms. The molecule has 1 saturated heterocycles. The summed E-state index contributed by atoms with van der Waals surface area (Å²) in [6.07, 6.45) is 0.744. The van der Waals surface area contributed by atoms with Gasteiger partial charge in [-0.3, -0.25) is 0 Å². The minimum absolute atomic E-state index is 0.368. The molecule has 0 spiro atoms. The van der Waals surface area contributed by atoms with Crippen molar-refractivity contribution in [1.82, 2.24) is 9.62 Å². The third-order valence-electron chi connectivity index (χ3n) is 3.43. The van der Waals surface area contributed by atoms with Gasteiger partial charge in [0, 0.05) is 32.3 Å². The van der Waals surface area contributed by atoms with E-state index in [-0.39, 0.29) is 0 Å². The van der Waals surface area contributed by atoms with E-state index in [1.165, 1.54) is 4.31 Å². The van der Waals surface area contributed by atoms with Gasteiger partial charge in [0.2, 0.25) is 10.0 Å². The molecule has 0 aliphatic carbocycles. The Labute approximate surface area is 127 Å². The van der Waals surface area contributed by atoms with Gasteiger partial charge >= 0.3 is 0 Å². The molecule has 0 unspecified atom stereocenters. The number of sulfonamides is 1. The van der Waals surface area contributed by atoms with E-state index < -0.39 is 10.0 Å². The molecule has 1 aliphatic rings. The van der Waals surface area contributed by atoms with Gasteiger partial charge in [-0.2, -0.15) is 4.31 Å². The third-order valence-corrected chi connectivity index (χ3v) is 5.33. The molecule has 1 aliphatic heterocycles. The average Bonchev–Trinajstić information content (AvgIpc) is 2.75. The molecule has 1 N–H and O–H groups in total. The van der Waals surface area contributed by atoms with Crippen molar-refractivity contribution in [1.29, 1.82) is 0 Å². The molecule has 2 rings (SSSR count). The summed E-state index contributed by atoms with van der Waals surface area (Å²) in [4.78, 5) is 0.368. The van der Waals surface area contributed by atoms with Gasteiger partial charge in [-0.25, -0.2) is 8.42 Å². The van der Waals surface area contributed by atoms with Gasteiger partial charge in [0.1, 0.15) is 0 Å². The van der Waals surface area contributed by atoms with Gasteiger partial charge in [0.15, 0.2) is 0 Å². The topological polar surface area (TPSA) is 58.6 Å². The zero-order chi connectivity index (χ0) is 15.3. The van der Waals surface area contributed by atoms with E-state index in [2.05, 4.69) is 19.2 Å². The smallest absolute Gasteiger partial charge is 0.243 e. The van der Waals surface area contributed by atoms with Gasteiger partial charge in [-0.05, 0) is 24.1 Å². The highest BCUT2D eigenvalue weighted by molar-refractivity contribution is 7.89. The summed E-state index contributed by atoms with van der Waals surface area (Å²) in [7, 11) is -3.42. The Morgan fingerprint density at radius 1 is 1.29 bits per heavy atom. The van der Waals surface area contributed by atoms with Gasteiger partial charge in [0.25, 0.3) is 0 Å². The quantitative estimate of drug-likeness (QED) is 0.897. The van der Waals surface area contributed by atoms with Crippen molar-refractivity contribution in [2.75, 3.05) is 26.3 Å². The average molecular weight is 312 g/mol. The first-order chi connectivity index (χ1) is 10.00. The molecule has 1 heterocycles. The summed E-state index contributed by atoms with van der Waals surface area (Å²) >= 11 is 0. The second kappa shape index (κ2) is 7.35. The minimum atomic E-state index is -3.42. The Morgan fingerprint density at radius 2 is 2.10 bits per heavy atom. The Kier molecular flexibility index (Phi) is 5.75. The maximum Gasteiger partial charge on any atom is 0.243 e. The van der Waals surface area contributed by atoms with Crippen LogP contribution >= 0.6 is 0 Å². The normalized spacial score (nSPS) is 17.9. The molecule has 1 aromatic carbocycles. The van der Waals surface area contributed by atoms with Crippen LogP contribution in [0.3, 0.4) is 0 Å². The summed E-state index contributed by atoms with van der Waals surface area (Å²) in [5.41, 5.74) is 0.982. The predicted octanol–water partition coefficient (Wildman–Crippen LogP) is 1.60. The van der Waals surface area contributed by atoms with E-state index >= 15 is 0 Å². The number of benzene rings is 1. The van der Waals surface area contributed by atoms with Gasteiger partial charge in [-0.15, -0.1) is 0 Å². The van der Waals surface area contributed by atoms with Crippen LogP contribution in [0.25, 0.3) is 0 Å². The second-order valence-corrected chi connectivity index (χ2v) is 7.49. The number of ether oxygens (including phenoxy) is 1. The molecular weight excluding hydrogens is 288 g/mol. The van der Waals surface area contributed by atoms with Crippen LogP contribution in [-0.4, -0.2) is 45.1 Å². The minimum Gasteiger partial charge on any atom is -0.380 e.